The van der Waals surface area contributed by atoms with E-state index >= 15 is 0 Å². The van der Waals surface area contributed by atoms with Crippen molar-refractivity contribution in [3.05, 3.63) is 29.7 Å². The SMILES string of the molecule is CC(C)c1cc2ncc(C(N)C(=O)O)cn2n1. The molecule has 2 rings (SSSR count). The molecule has 0 saturated carbocycles. The molecular formula is C11H14N4O2. The summed E-state index contributed by atoms with van der Waals surface area (Å²) in [6.45, 7) is 4.07. The first-order valence-corrected chi connectivity index (χ1v) is 5.32. The lowest BCUT2D eigenvalue weighted by atomic mass is 10.1. The smallest absolute Gasteiger partial charge is 0.325 e. The number of nitrogens with two attached hydrogens (primary N) is 1. The minimum absolute atomic E-state index is 0.299. The summed E-state index contributed by atoms with van der Waals surface area (Å²) in [6, 6.07) is 0.805. The Morgan fingerprint density at radius 1 is 1.53 bits per heavy atom. The summed E-state index contributed by atoms with van der Waals surface area (Å²) in [5, 5.41) is 13.1. The van der Waals surface area contributed by atoms with Crippen LogP contribution in [-0.2, 0) is 4.79 Å². The van der Waals surface area contributed by atoms with Gasteiger partial charge in [0.1, 0.15) is 6.04 Å². The van der Waals surface area contributed by atoms with Gasteiger partial charge in [0.2, 0.25) is 0 Å². The standard InChI is InChI=1S/C11H14N4O2/c1-6(2)8-3-9-13-4-7(5-15(9)14-8)10(12)11(16)17/h3-6,10H,12H2,1-2H3,(H,16,17). The predicted octanol–water partition coefficient (Wildman–Crippen LogP) is 0.937. The monoisotopic (exact) mass is 234 g/mol. The maximum atomic E-state index is 10.8. The van der Waals surface area contributed by atoms with Crippen LogP contribution in [0.1, 0.15) is 37.1 Å². The molecule has 0 aromatic carbocycles. The minimum atomic E-state index is -1.08. The van der Waals surface area contributed by atoms with Crippen molar-refractivity contribution in [3.8, 4) is 0 Å². The number of carboxylic acid groups (broad SMARTS) is 1. The van der Waals surface area contributed by atoms with Crippen molar-refractivity contribution in [1.82, 2.24) is 14.6 Å². The molecule has 2 heterocycles. The number of hydrogen-bond donors (Lipinski definition) is 2. The highest BCUT2D eigenvalue weighted by Gasteiger charge is 2.16. The van der Waals surface area contributed by atoms with Crippen LogP contribution in [-0.4, -0.2) is 25.7 Å². The van der Waals surface area contributed by atoms with Gasteiger partial charge in [0, 0.05) is 24.0 Å². The van der Waals surface area contributed by atoms with E-state index in [0.717, 1.165) is 5.69 Å². The number of aliphatic carboxylic acids is 1. The summed E-state index contributed by atoms with van der Waals surface area (Å²) in [6.07, 6.45) is 3.08. The predicted molar refractivity (Wildman–Crippen MR) is 61.6 cm³/mol. The number of nitrogens with zero attached hydrogens (tertiary/aromatic N) is 3. The van der Waals surface area contributed by atoms with Crippen LogP contribution in [0.3, 0.4) is 0 Å². The van der Waals surface area contributed by atoms with Crippen LogP contribution in [0.5, 0.6) is 0 Å². The van der Waals surface area contributed by atoms with Gasteiger partial charge in [-0.25, -0.2) is 9.50 Å². The molecule has 2 aromatic rings. The molecule has 17 heavy (non-hydrogen) atoms. The molecule has 0 bridgehead atoms. The number of carboxylic acids is 1. The van der Waals surface area contributed by atoms with Crippen LogP contribution in [0.25, 0.3) is 5.65 Å². The van der Waals surface area contributed by atoms with Crippen LogP contribution >= 0.6 is 0 Å². The molecule has 1 atom stereocenters. The second-order valence-electron chi connectivity index (χ2n) is 4.23. The minimum Gasteiger partial charge on any atom is -0.480 e. The van der Waals surface area contributed by atoms with Gasteiger partial charge >= 0.3 is 5.97 Å². The Bertz CT molecular complexity index is 562. The van der Waals surface area contributed by atoms with E-state index in [1.807, 2.05) is 19.9 Å². The molecular weight excluding hydrogens is 220 g/mol. The van der Waals surface area contributed by atoms with E-state index < -0.39 is 12.0 Å². The van der Waals surface area contributed by atoms with Crippen molar-refractivity contribution in [2.24, 2.45) is 5.73 Å². The number of rotatable bonds is 3. The maximum Gasteiger partial charge on any atom is 0.325 e. The number of hydrogen-bond acceptors (Lipinski definition) is 4. The van der Waals surface area contributed by atoms with Gasteiger partial charge in [-0.05, 0) is 5.92 Å². The first-order chi connectivity index (χ1) is 7.99. The highest BCUT2D eigenvalue weighted by Crippen LogP contribution is 2.16. The Kier molecular flexibility index (Phi) is 2.81. The van der Waals surface area contributed by atoms with Gasteiger partial charge in [-0.1, -0.05) is 13.8 Å². The third-order valence-electron chi connectivity index (χ3n) is 2.57. The zero-order chi connectivity index (χ0) is 12.6. The van der Waals surface area contributed by atoms with E-state index in [-0.39, 0.29) is 0 Å². The van der Waals surface area contributed by atoms with Gasteiger partial charge in [0.15, 0.2) is 5.65 Å². The molecule has 0 aliphatic heterocycles. The maximum absolute atomic E-state index is 10.8. The zero-order valence-corrected chi connectivity index (χ0v) is 9.66. The number of aromatic nitrogens is 3. The molecule has 6 heteroatoms. The molecule has 6 nitrogen and oxygen atoms in total. The molecule has 0 spiro atoms. The summed E-state index contributed by atoms with van der Waals surface area (Å²) in [5.74, 6) is -0.782. The Morgan fingerprint density at radius 2 is 2.24 bits per heavy atom. The van der Waals surface area contributed by atoms with Crippen LogP contribution in [0.4, 0.5) is 0 Å². The molecule has 0 radical (unpaired) electrons. The first kappa shape index (κ1) is 11.5. The van der Waals surface area contributed by atoms with Crippen LogP contribution in [0.15, 0.2) is 18.5 Å². The average molecular weight is 234 g/mol. The van der Waals surface area contributed by atoms with E-state index in [1.165, 1.54) is 6.20 Å². The van der Waals surface area contributed by atoms with Gasteiger partial charge in [-0.3, -0.25) is 4.79 Å². The normalized spacial score (nSPS) is 13.2. The summed E-state index contributed by atoms with van der Waals surface area (Å²) < 4.78 is 1.56. The van der Waals surface area contributed by atoms with Crippen molar-refractivity contribution in [3.63, 3.8) is 0 Å². The second kappa shape index (κ2) is 4.14. The lowest BCUT2D eigenvalue weighted by Crippen LogP contribution is -2.21. The van der Waals surface area contributed by atoms with Gasteiger partial charge in [0.05, 0.1) is 5.69 Å². The van der Waals surface area contributed by atoms with Crippen molar-refractivity contribution in [2.75, 3.05) is 0 Å². The molecule has 2 aromatic heterocycles. The zero-order valence-electron chi connectivity index (χ0n) is 9.66. The Morgan fingerprint density at radius 3 is 2.82 bits per heavy atom. The topological polar surface area (TPSA) is 93.5 Å². The quantitative estimate of drug-likeness (QED) is 0.824. The van der Waals surface area contributed by atoms with Gasteiger partial charge in [-0.2, -0.15) is 5.10 Å². The van der Waals surface area contributed by atoms with E-state index in [2.05, 4.69) is 10.1 Å². The largest absolute Gasteiger partial charge is 0.480 e. The third kappa shape index (κ3) is 2.12. The van der Waals surface area contributed by atoms with E-state index in [4.69, 9.17) is 10.8 Å². The van der Waals surface area contributed by atoms with Crippen molar-refractivity contribution >= 4 is 11.6 Å². The second-order valence-corrected chi connectivity index (χ2v) is 4.23. The number of fused-ring (bicyclic) bond motifs is 1. The molecule has 0 aliphatic carbocycles. The molecule has 0 aliphatic rings. The first-order valence-electron chi connectivity index (χ1n) is 5.32. The van der Waals surface area contributed by atoms with Crippen LogP contribution in [0.2, 0.25) is 0 Å². The summed E-state index contributed by atoms with van der Waals surface area (Å²) >= 11 is 0. The van der Waals surface area contributed by atoms with E-state index in [9.17, 15) is 4.79 Å². The fraction of sp³-hybridized carbons (Fsp3) is 0.364. The Balaban J connectivity index is 2.46. The number of carbonyl (C=O) groups is 1. The fourth-order valence-corrected chi connectivity index (χ4v) is 1.49. The molecule has 1 unspecified atom stereocenters. The molecule has 0 saturated heterocycles. The lowest BCUT2D eigenvalue weighted by molar-refractivity contribution is -0.138. The van der Waals surface area contributed by atoms with Gasteiger partial charge in [0.25, 0.3) is 0 Å². The fourth-order valence-electron chi connectivity index (χ4n) is 1.49. The van der Waals surface area contributed by atoms with Gasteiger partial charge < -0.3 is 10.8 Å². The summed E-state index contributed by atoms with van der Waals surface area (Å²) in [5.41, 5.74) is 7.55. The van der Waals surface area contributed by atoms with Crippen molar-refractivity contribution < 1.29 is 9.90 Å². The molecule has 0 amide bonds. The van der Waals surface area contributed by atoms with Crippen molar-refractivity contribution in [1.29, 1.82) is 0 Å². The summed E-state index contributed by atoms with van der Waals surface area (Å²) in [7, 11) is 0. The molecule has 90 valence electrons. The molecule has 0 fully saturated rings. The lowest BCUT2D eigenvalue weighted by Gasteiger charge is -2.05. The molecule has 3 N–H and O–H groups in total. The van der Waals surface area contributed by atoms with Gasteiger partial charge in [-0.15, -0.1) is 0 Å². The Labute approximate surface area is 98.1 Å². The van der Waals surface area contributed by atoms with Crippen molar-refractivity contribution in [2.45, 2.75) is 25.8 Å². The summed E-state index contributed by atoms with van der Waals surface area (Å²) in [4.78, 5) is 14.9. The third-order valence-corrected chi connectivity index (χ3v) is 2.57. The van der Waals surface area contributed by atoms with Crippen LogP contribution < -0.4 is 5.73 Å². The highest BCUT2D eigenvalue weighted by atomic mass is 16.4. The van der Waals surface area contributed by atoms with E-state index in [1.54, 1.807) is 10.7 Å². The highest BCUT2D eigenvalue weighted by molar-refractivity contribution is 5.75. The van der Waals surface area contributed by atoms with Crippen LogP contribution in [0, 0.1) is 0 Å². The van der Waals surface area contributed by atoms with E-state index in [0.29, 0.717) is 17.1 Å². The Hall–Kier alpha value is -1.95. The average Bonchev–Trinajstić information content (AvgIpc) is 2.70.